The van der Waals surface area contributed by atoms with E-state index >= 15 is 0 Å². The van der Waals surface area contributed by atoms with Crippen molar-refractivity contribution in [1.29, 1.82) is 0 Å². The predicted octanol–water partition coefficient (Wildman–Crippen LogP) is 6.48. The molecule has 3 aromatic rings. The van der Waals surface area contributed by atoms with Gasteiger partial charge in [0.15, 0.2) is 24.2 Å². The Hall–Kier alpha value is -2.66. The molecule has 0 radical (unpaired) electrons. The van der Waals surface area contributed by atoms with Gasteiger partial charge in [-0.25, -0.2) is 0 Å². The Balaban J connectivity index is 0.934. The van der Waals surface area contributed by atoms with Gasteiger partial charge in [0, 0.05) is 0 Å². The van der Waals surface area contributed by atoms with Crippen LogP contribution in [0.4, 0.5) is 0 Å². The van der Waals surface area contributed by atoms with Gasteiger partial charge in [-0.2, -0.15) is 0 Å². The van der Waals surface area contributed by atoms with Crippen LogP contribution in [0.2, 0.25) is 0 Å². The lowest BCUT2D eigenvalue weighted by atomic mass is 9.98. The molecular weight excluding hydrogens is 584 g/mol. The Morgan fingerprint density at radius 2 is 0.891 bits per heavy atom. The van der Waals surface area contributed by atoms with Crippen molar-refractivity contribution in [1.82, 2.24) is 0 Å². The third-order valence-electron chi connectivity index (χ3n) is 9.20. The first kappa shape index (κ1) is 31.9. The van der Waals surface area contributed by atoms with Crippen LogP contribution in [0.5, 0.6) is 0 Å². The largest absolute Gasteiger partial charge is 0.368 e. The normalized spacial score (nSPS) is 32.4. The summed E-state index contributed by atoms with van der Waals surface area (Å²) in [5.74, 6) is -1.37. The van der Waals surface area contributed by atoms with Crippen molar-refractivity contribution in [2.24, 2.45) is 0 Å². The molecule has 7 rings (SSSR count). The molecule has 8 heteroatoms. The summed E-state index contributed by atoms with van der Waals surface area (Å²) < 4.78 is 50.0. The third-order valence-corrected chi connectivity index (χ3v) is 9.20. The van der Waals surface area contributed by atoms with Crippen molar-refractivity contribution in [3.63, 3.8) is 0 Å². The Labute approximate surface area is 272 Å². The SMILES string of the molecule is CC1(C)O[C@H]2O[C@H](CCc3ccc(CC[C@H]4O[C@@H]5OC(C)(C)O[C@@H]5[C@H]4OCc4ccccc4)cc3)[C@H](OCc3ccccc3)[C@H]2O1. The highest BCUT2D eigenvalue weighted by Crippen LogP contribution is 2.41. The Morgan fingerprint density at radius 3 is 1.28 bits per heavy atom. The highest BCUT2D eigenvalue weighted by Gasteiger charge is 2.56. The number of aryl methyl sites for hydroxylation is 2. The van der Waals surface area contributed by atoms with E-state index < -0.39 is 24.2 Å². The van der Waals surface area contributed by atoms with Gasteiger partial charge in [0.1, 0.15) is 24.4 Å². The first-order valence-corrected chi connectivity index (χ1v) is 16.6. The summed E-state index contributed by atoms with van der Waals surface area (Å²) in [6.45, 7) is 8.70. The van der Waals surface area contributed by atoms with Gasteiger partial charge >= 0.3 is 0 Å². The van der Waals surface area contributed by atoms with Gasteiger partial charge in [-0.3, -0.25) is 0 Å². The third kappa shape index (κ3) is 7.40. The molecule has 0 aromatic heterocycles. The van der Waals surface area contributed by atoms with Crippen molar-refractivity contribution in [2.45, 2.75) is 127 Å². The molecule has 4 saturated heterocycles. The summed E-state index contributed by atoms with van der Waals surface area (Å²) in [7, 11) is 0. The van der Waals surface area contributed by atoms with Crippen molar-refractivity contribution in [3.8, 4) is 0 Å². The molecule has 0 spiro atoms. The zero-order chi connectivity index (χ0) is 31.7. The van der Waals surface area contributed by atoms with Crippen molar-refractivity contribution in [2.75, 3.05) is 0 Å². The van der Waals surface area contributed by atoms with Crippen LogP contribution in [-0.4, -0.2) is 60.8 Å². The quantitative estimate of drug-likeness (QED) is 0.225. The van der Waals surface area contributed by atoms with E-state index in [1.165, 1.54) is 11.1 Å². The lowest BCUT2D eigenvalue weighted by Crippen LogP contribution is -2.37. The Morgan fingerprint density at radius 1 is 0.500 bits per heavy atom. The number of benzene rings is 3. The van der Waals surface area contributed by atoms with E-state index in [4.69, 9.17) is 37.9 Å². The molecule has 0 unspecified atom stereocenters. The van der Waals surface area contributed by atoms with Gasteiger partial charge < -0.3 is 37.9 Å². The molecule has 4 heterocycles. The van der Waals surface area contributed by atoms with Crippen LogP contribution in [0, 0.1) is 0 Å². The second-order valence-electron chi connectivity index (χ2n) is 13.7. The second-order valence-corrected chi connectivity index (χ2v) is 13.7. The highest BCUT2D eigenvalue weighted by molar-refractivity contribution is 5.23. The lowest BCUT2D eigenvalue weighted by molar-refractivity contribution is -0.220. The number of ether oxygens (including phenoxy) is 8. The first-order valence-electron chi connectivity index (χ1n) is 16.6. The zero-order valence-electron chi connectivity index (χ0n) is 27.2. The maximum atomic E-state index is 6.42. The van der Waals surface area contributed by atoms with E-state index in [9.17, 15) is 0 Å². The molecule has 4 aliphatic rings. The minimum absolute atomic E-state index is 0.115. The second kappa shape index (κ2) is 13.5. The molecule has 0 amide bonds. The molecule has 0 bridgehead atoms. The van der Waals surface area contributed by atoms with Crippen LogP contribution in [0.3, 0.4) is 0 Å². The number of hydrogen-bond donors (Lipinski definition) is 0. The molecule has 8 nitrogen and oxygen atoms in total. The van der Waals surface area contributed by atoms with Gasteiger partial charge in [0.05, 0.1) is 25.4 Å². The molecule has 246 valence electrons. The van der Waals surface area contributed by atoms with Gasteiger partial charge in [-0.1, -0.05) is 84.9 Å². The van der Waals surface area contributed by atoms with Crippen LogP contribution in [0.1, 0.15) is 62.8 Å². The number of rotatable bonds is 12. The average Bonchev–Trinajstić information content (AvgIpc) is 3.72. The predicted molar refractivity (Wildman–Crippen MR) is 171 cm³/mol. The molecule has 3 aromatic carbocycles. The van der Waals surface area contributed by atoms with Crippen LogP contribution < -0.4 is 0 Å². The first-order chi connectivity index (χ1) is 22.2. The molecule has 4 fully saturated rings. The fraction of sp³-hybridized carbons (Fsp3) is 0.526. The van der Waals surface area contributed by atoms with Gasteiger partial charge in [-0.05, 0) is 75.6 Å². The van der Waals surface area contributed by atoms with E-state index in [-0.39, 0.29) is 36.6 Å². The van der Waals surface area contributed by atoms with E-state index in [0.29, 0.717) is 13.2 Å². The van der Waals surface area contributed by atoms with Crippen molar-refractivity contribution < 1.29 is 37.9 Å². The summed E-state index contributed by atoms with van der Waals surface area (Å²) >= 11 is 0. The zero-order valence-corrected chi connectivity index (χ0v) is 27.2. The summed E-state index contributed by atoms with van der Waals surface area (Å²) in [6.07, 6.45) is 1.42. The summed E-state index contributed by atoms with van der Waals surface area (Å²) in [5.41, 5.74) is 4.77. The molecule has 0 saturated carbocycles. The van der Waals surface area contributed by atoms with E-state index in [0.717, 1.165) is 36.8 Å². The standard InChI is InChI=1S/C38H46O8/c1-37(2)43-33-31(39-23-27-11-7-5-8-12-27)29(41-35(33)45-37)21-19-25-15-17-26(18-16-25)20-22-30-32(40-24-28-13-9-6-10-14-28)34-36(42-30)46-38(3,4)44-34/h5-18,29-36H,19-24H2,1-4H3/t29-,30-,31+,32+,33-,34-,35-,36-/m1/s1. The summed E-state index contributed by atoms with van der Waals surface area (Å²) in [4.78, 5) is 0. The Kier molecular flexibility index (Phi) is 9.33. The van der Waals surface area contributed by atoms with Crippen LogP contribution in [0.25, 0.3) is 0 Å². The molecule has 4 aliphatic heterocycles. The molecular formula is C38H46O8. The molecule has 0 N–H and O–H groups in total. The fourth-order valence-corrected chi connectivity index (χ4v) is 6.99. The molecule has 8 atom stereocenters. The maximum Gasteiger partial charge on any atom is 0.190 e. The van der Waals surface area contributed by atoms with Gasteiger partial charge in [0.2, 0.25) is 0 Å². The highest BCUT2D eigenvalue weighted by atomic mass is 16.8. The Bertz CT molecular complexity index is 1300. The van der Waals surface area contributed by atoms with Crippen LogP contribution >= 0.6 is 0 Å². The molecule has 0 aliphatic carbocycles. The minimum Gasteiger partial charge on any atom is -0.368 e. The number of fused-ring (bicyclic) bond motifs is 2. The lowest BCUT2D eigenvalue weighted by Gasteiger charge is -2.26. The van der Waals surface area contributed by atoms with Crippen LogP contribution in [-0.2, 0) is 64.0 Å². The summed E-state index contributed by atoms with van der Waals surface area (Å²) in [5, 5.41) is 0. The molecule has 46 heavy (non-hydrogen) atoms. The van der Waals surface area contributed by atoms with Crippen molar-refractivity contribution >= 4 is 0 Å². The van der Waals surface area contributed by atoms with E-state index in [1.807, 2.05) is 64.1 Å². The average molecular weight is 631 g/mol. The summed E-state index contributed by atoms with van der Waals surface area (Å²) in [6, 6.07) is 29.3. The monoisotopic (exact) mass is 630 g/mol. The van der Waals surface area contributed by atoms with Gasteiger partial charge in [0.25, 0.3) is 0 Å². The van der Waals surface area contributed by atoms with Gasteiger partial charge in [-0.15, -0.1) is 0 Å². The van der Waals surface area contributed by atoms with E-state index in [2.05, 4.69) is 48.5 Å². The van der Waals surface area contributed by atoms with Crippen LogP contribution in [0.15, 0.2) is 84.9 Å². The number of hydrogen-bond acceptors (Lipinski definition) is 8. The van der Waals surface area contributed by atoms with E-state index in [1.54, 1.807) is 0 Å². The minimum atomic E-state index is -0.683. The fourth-order valence-electron chi connectivity index (χ4n) is 6.99. The topological polar surface area (TPSA) is 73.8 Å². The smallest absolute Gasteiger partial charge is 0.190 e. The maximum absolute atomic E-state index is 6.42. The van der Waals surface area contributed by atoms with Crippen molar-refractivity contribution in [3.05, 3.63) is 107 Å².